The Bertz CT molecular complexity index is 4750. The third-order valence-corrected chi connectivity index (χ3v) is 15.9. The fraction of sp³-hybridized carbons (Fsp3) is 0. The molecule has 5 heterocycles. The SMILES string of the molecule is O=C(O)c1cc(Oc2ccc(-c3c4nc(c(-c5ccc(Oc6cc(C(=O)O)cc(C(=O)O)c6)cc5)c5ccc([nH]5)c(-c5ccc(Oc6cc(C(=O)O)cc(C(=O)O)c6)cc5)c5nc(c(-c6ccc(Oc7cc(C(=O)O)cc(C(=O)O)c7)cc6)c6ccc3[nH]6)C=C5)C=C4)cc2)cc(C(=O)O)c1. The Balaban J connectivity index is 1.02. The lowest BCUT2D eigenvalue weighted by molar-refractivity contribution is 0.0676. The number of hydrogen-bond acceptors (Lipinski definition) is 14. The van der Waals surface area contributed by atoms with Crippen molar-refractivity contribution in [2.75, 3.05) is 0 Å². The van der Waals surface area contributed by atoms with Gasteiger partial charge in [-0.2, -0.15) is 0 Å². The van der Waals surface area contributed by atoms with Crippen molar-refractivity contribution in [3.05, 3.63) is 261 Å². The minimum absolute atomic E-state index is 0.0470. The second-order valence-electron chi connectivity index (χ2n) is 22.4. The van der Waals surface area contributed by atoms with E-state index < -0.39 is 47.8 Å². The number of fused-ring (bicyclic) bond motifs is 8. The summed E-state index contributed by atoms with van der Waals surface area (Å²) in [6.07, 6.45) is 7.26. The molecule has 0 saturated carbocycles. The lowest BCUT2D eigenvalue weighted by Gasteiger charge is -2.11. The van der Waals surface area contributed by atoms with E-state index in [1.165, 1.54) is 48.5 Å². The first-order valence-electron chi connectivity index (χ1n) is 29.8. The number of rotatable bonds is 20. The number of carboxylic acid groups (broad SMARTS) is 8. The number of carbonyl (C=O) groups is 8. The van der Waals surface area contributed by atoms with E-state index in [0.717, 1.165) is 24.3 Å². The van der Waals surface area contributed by atoms with Crippen molar-refractivity contribution in [2.24, 2.45) is 0 Å². The Hall–Kier alpha value is -14.7. The van der Waals surface area contributed by atoms with E-state index in [-0.39, 0.29) is 90.5 Å². The van der Waals surface area contributed by atoms with Gasteiger partial charge in [-0.25, -0.2) is 48.3 Å². The van der Waals surface area contributed by atoms with Crippen LogP contribution < -0.4 is 18.9 Å². The summed E-state index contributed by atoms with van der Waals surface area (Å²) in [6, 6.07) is 47.9. The molecular formula is C76H46N4O20. The first-order chi connectivity index (χ1) is 48.0. The summed E-state index contributed by atoms with van der Waals surface area (Å²) in [4.78, 5) is 114. The average Bonchev–Trinajstić information content (AvgIpc) is 1.61. The zero-order valence-electron chi connectivity index (χ0n) is 51.2. The van der Waals surface area contributed by atoms with Gasteiger partial charge in [0.05, 0.1) is 67.3 Å². The van der Waals surface area contributed by atoms with Crippen LogP contribution in [-0.4, -0.2) is 109 Å². The molecule has 8 aromatic carbocycles. The van der Waals surface area contributed by atoms with E-state index in [0.29, 0.717) is 89.4 Å². The summed E-state index contributed by atoms with van der Waals surface area (Å²) in [6.45, 7) is 0. The summed E-state index contributed by atoms with van der Waals surface area (Å²) in [5.41, 5.74) is 6.02. The van der Waals surface area contributed by atoms with Gasteiger partial charge in [0.25, 0.3) is 0 Å². The topological polar surface area (TPSA) is 393 Å². The minimum atomic E-state index is -1.36. The quantitative estimate of drug-likeness (QED) is 0.0339. The number of nitrogens with one attached hydrogen (secondary N) is 2. The highest BCUT2D eigenvalue weighted by Crippen LogP contribution is 2.41. The van der Waals surface area contributed by atoms with Gasteiger partial charge in [-0.15, -0.1) is 0 Å². The molecule has 0 atom stereocenters. The van der Waals surface area contributed by atoms with Gasteiger partial charge in [0, 0.05) is 44.3 Å². The van der Waals surface area contributed by atoms with E-state index in [1.807, 2.05) is 48.6 Å². The molecule has 13 rings (SSSR count). The van der Waals surface area contributed by atoms with E-state index in [1.54, 1.807) is 97.1 Å². The van der Waals surface area contributed by atoms with Crippen LogP contribution in [0.3, 0.4) is 0 Å². The molecule has 0 fully saturated rings. The number of aromatic amines is 2. The Labute approximate surface area is 561 Å². The molecule has 10 N–H and O–H groups in total. The average molecular weight is 1340 g/mol. The normalized spacial score (nSPS) is 11.4. The van der Waals surface area contributed by atoms with Crippen LogP contribution >= 0.6 is 0 Å². The van der Waals surface area contributed by atoms with Crippen LogP contribution in [0, 0.1) is 0 Å². The monoisotopic (exact) mass is 1330 g/mol. The zero-order chi connectivity index (χ0) is 70.2. The van der Waals surface area contributed by atoms with E-state index in [4.69, 9.17) is 28.9 Å². The van der Waals surface area contributed by atoms with Crippen molar-refractivity contribution in [2.45, 2.75) is 0 Å². The molecule has 0 amide bonds. The Morgan fingerprint density at radius 1 is 0.230 bits per heavy atom. The molecule has 0 spiro atoms. The van der Waals surface area contributed by atoms with Crippen LogP contribution in [0.4, 0.5) is 0 Å². The number of benzene rings is 8. The first-order valence-corrected chi connectivity index (χ1v) is 29.8. The molecule has 24 nitrogen and oxygen atoms in total. The highest BCUT2D eigenvalue weighted by molar-refractivity contribution is 6.02. The van der Waals surface area contributed by atoms with Crippen molar-refractivity contribution in [3.63, 3.8) is 0 Å². The number of carboxylic acids is 8. The van der Waals surface area contributed by atoms with E-state index in [9.17, 15) is 79.2 Å². The largest absolute Gasteiger partial charge is 0.478 e. The predicted octanol–water partition coefficient (Wildman–Crippen LogP) is 16.1. The maximum Gasteiger partial charge on any atom is 0.335 e. The summed E-state index contributed by atoms with van der Waals surface area (Å²) in [5.74, 6) is -10.2. The number of nitrogens with zero attached hydrogens (tertiary/aromatic N) is 2. The minimum Gasteiger partial charge on any atom is -0.478 e. The second-order valence-corrected chi connectivity index (χ2v) is 22.4. The van der Waals surface area contributed by atoms with Gasteiger partial charge in [0.1, 0.15) is 46.0 Å². The van der Waals surface area contributed by atoms with Crippen molar-refractivity contribution < 1.29 is 98.2 Å². The summed E-state index contributed by atoms with van der Waals surface area (Å²) in [7, 11) is 0. The molecule has 100 heavy (non-hydrogen) atoms. The Morgan fingerprint density at radius 2 is 0.400 bits per heavy atom. The molecule has 8 bridgehead atoms. The van der Waals surface area contributed by atoms with Crippen LogP contribution in [0.25, 0.3) is 90.9 Å². The van der Waals surface area contributed by atoms with Crippen molar-refractivity contribution in [3.8, 4) is 90.5 Å². The van der Waals surface area contributed by atoms with Gasteiger partial charge in [0.2, 0.25) is 0 Å². The third kappa shape index (κ3) is 13.4. The van der Waals surface area contributed by atoms with Crippen molar-refractivity contribution in [1.82, 2.24) is 19.9 Å². The predicted molar refractivity (Wildman–Crippen MR) is 362 cm³/mol. The number of aromatic nitrogens is 4. The molecule has 2 aliphatic rings. The summed E-state index contributed by atoms with van der Waals surface area (Å²) >= 11 is 0. The van der Waals surface area contributed by atoms with Crippen molar-refractivity contribution >= 4 is 94.1 Å². The number of H-pyrrole nitrogens is 2. The maximum atomic E-state index is 12.0. The Morgan fingerprint density at radius 3 is 0.560 bits per heavy atom. The smallest absolute Gasteiger partial charge is 0.335 e. The number of aromatic carboxylic acids is 8. The van der Waals surface area contributed by atoms with Crippen molar-refractivity contribution in [1.29, 1.82) is 0 Å². The molecule has 0 saturated heterocycles. The van der Waals surface area contributed by atoms with Gasteiger partial charge in [0.15, 0.2) is 0 Å². The summed E-state index contributed by atoms with van der Waals surface area (Å²) in [5, 5.41) is 78.3. The summed E-state index contributed by atoms with van der Waals surface area (Å²) < 4.78 is 24.3. The lowest BCUT2D eigenvalue weighted by Crippen LogP contribution is -2.03. The lowest BCUT2D eigenvalue weighted by atomic mass is 10.0. The van der Waals surface area contributed by atoms with Crippen LogP contribution in [0.15, 0.2) is 194 Å². The van der Waals surface area contributed by atoms with Crippen LogP contribution in [0.2, 0.25) is 0 Å². The van der Waals surface area contributed by atoms with Gasteiger partial charge in [-0.1, -0.05) is 48.5 Å². The zero-order valence-corrected chi connectivity index (χ0v) is 51.2. The highest BCUT2D eigenvalue weighted by atomic mass is 16.5. The van der Waals surface area contributed by atoms with Gasteiger partial charge >= 0.3 is 47.8 Å². The number of hydrogen-bond donors (Lipinski definition) is 10. The van der Waals surface area contributed by atoms with E-state index in [2.05, 4.69) is 9.97 Å². The fourth-order valence-corrected chi connectivity index (χ4v) is 11.3. The molecule has 0 unspecified atom stereocenters. The third-order valence-electron chi connectivity index (χ3n) is 15.9. The second kappa shape index (κ2) is 26.3. The number of ether oxygens (including phenoxy) is 4. The maximum absolute atomic E-state index is 12.0. The molecule has 0 aliphatic carbocycles. The molecular weight excluding hydrogens is 1290 g/mol. The van der Waals surface area contributed by atoms with Crippen LogP contribution in [0.5, 0.6) is 46.0 Å². The van der Waals surface area contributed by atoms with Gasteiger partial charge in [-0.3, -0.25) is 0 Å². The molecule has 0 radical (unpaired) electrons. The van der Waals surface area contributed by atoms with Gasteiger partial charge < -0.3 is 69.8 Å². The molecule has 490 valence electrons. The molecule has 2 aliphatic heterocycles. The molecule has 11 aromatic rings. The molecule has 24 heteroatoms. The first kappa shape index (κ1) is 64.0. The van der Waals surface area contributed by atoms with Gasteiger partial charge in [-0.05, 0) is 192 Å². The standard InChI is InChI=1S/C76H46N4O20/c81-69(82)41-25-42(70(83)84)30-53(29-41)97-49-9-1-37(2-10-49)65-57-17-19-59(77-57)66(38-3-11-50(12-4-38)98-54-31-43(71(85)86)26-44(32-54)72(87)88)61-21-23-63(79-61)68(40-7-15-52(16-8-40)100-56-35-47(75(93)94)28-48(36-56)76(95)96)64-24-22-62(80-64)67(60-20-18-58(65)78-60)39-5-13-51(14-6-39)99-55-33-45(73(89)90)27-46(34-55)74(91)92/h1-36,77,80H,(H,81,82)(H,83,84)(H,85,86)(H,87,88)(H,89,90)(H,91,92)(H,93,94)(H,95,96). The van der Waals surface area contributed by atoms with Crippen LogP contribution in [0.1, 0.15) is 106 Å². The molecule has 3 aromatic heterocycles. The Kier molecular flexibility index (Phi) is 16.8. The highest BCUT2D eigenvalue weighted by Gasteiger charge is 2.23. The fourth-order valence-electron chi connectivity index (χ4n) is 11.3. The van der Waals surface area contributed by atoms with Crippen LogP contribution in [-0.2, 0) is 0 Å². The van der Waals surface area contributed by atoms with E-state index >= 15 is 0 Å².